The topological polar surface area (TPSA) is 49.9 Å². The minimum Gasteiger partial charge on any atom is -0.330 e. The van der Waals surface area contributed by atoms with Gasteiger partial charge in [0.2, 0.25) is 0 Å². The predicted octanol–water partition coefficient (Wildman–Crippen LogP) is 1.55. The highest BCUT2D eigenvalue weighted by atomic mass is 14.5. The zero-order valence-electron chi connectivity index (χ0n) is 6.40. The van der Waals surface area contributed by atoms with Gasteiger partial charge in [0, 0.05) is 5.71 Å². The summed E-state index contributed by atoms with van der Waals surface area (Å²) in [7, 11) is 0. The molecule has 0 bridgehead atoms. The van der Waals surface area contributed by atoms with Crippen LogP contribution in [0.5, 0.6) is 0 Å². The first-order valence-corrected chi connectivity index (χ1v) is 4.09. The molecule has 0 heterocycles. The van der Waals surface area contributed by atoms with Crippen LogP contribution in [0, 0.1) is 11.3 Å². The Balaban J connectivity index is 2.19. The van der Waals surface area contributed by atoms with E-state index in [2.05, 4.69) is 0 Å². The molecule has 2 nitrogen and oxygen atoms in total. The van der Waals surface area contributed by atoms with Crippen molar-refractivity contribution in [3.05, 3.63) is 0 Å². The van der Waals surface area contributed by atoms with Crippen LogP contribution in [-0.4, -0.2) is 12.3 Å². The summed E-state index contributed by atoms with van der Waals surface area (Å²) < 4.78 is 0. The number of hydrogen-bond donors (Lipinski definition) is 2. The van der Waals surface area contributed by atoms with Crippen molar-refractivity contribution < 1.29 is 0 Å². The fourth-order valence-electron chi connectivity index (χ4n) is 1.55. The van der Waals surface area contributed by atoms with Crippen molar-refractivity contribution in [1.29, 1.82) is 5.41 Å². The molecule has 1 aliphatic rings. The van der Waals surface area contributed by atoms with E-state index >= 15 is 0 Å². The molecule has 1 aliphatic carbocycles. The molecule has 1 rings (SSSR count). The maximum Gasteiger partial charge on any atom is 0.00893 e. The molecule has 0 aromatic rings. The van der Waals surface area contributed by atoms with Crippen LogP contribution < -0.4 is 5.73 Å². The van der Waals surface area contributed by atoms with Crippen LogP contribution in [0.4, 0.5) is 0 Å². The number of nitrogens with two attached hydrogens (primary N) is 1. The lowest BCUT2D eigenvalue weighted by atomic mass is 9.86. The lowest BCUT2D eigenvalue weighted by Gasteiger charge is -2.21. The Morgan fingerprint density at radius 1 is 1.40 bits per heavy atom. The van der Waals surface area contributed by atoms with Gasteiger partial charge in [0.05, 0.1) is 0 Å². The summed E-state index contributed by atoms with van der Waals surface area (Å²) in [4.78, 5) is 0. The molecule has 58 valence electrons. The van der Waals surface area contributed by atoms with Gasteiger partial charge in [-0.15, -0.1) is 0 Å². The largest absolute Gasteiger partial charge is 0.330 e. The molecule has 0 radical (unpaired) electrons. The van der Waals surface area contributed by atoms with Crippen molar-refractivity contribution >= 4 is 5.71 Å². The van der Waals surface area contributed by atoms with Gasteiger partial charge in [-0.25, -0.2) is 0 Å². The maximum absolute atomic E-state index is 7.38. The fourth-order valence-corrected chi connectivity index (χ4v) is 1.55. The summed E-state index contributed by atoms with van der Waals surface area (Å²) in [5.41, 5.74) is 6.38. The van der Waals surface area contributed by atoms with E-state index in [1.807, 2.05) is 0 Å². The van der Waals surface area contributed by atoms with Crippen molar-refractivity contribution in [2.75, 3.05) is 6.54 Å². The van der Waals surface area contributed by atoms with Gasteiger partial charge in [0.25, 0.3) is 0 Å². The molecule has 0 amide bonds. The van der Waals surface area contributed by atoms with Crippen LogP contribution in [0.2, 0.25) is 0 Å². The summed E-state index contributed by atoms with van der Waals surface area (Å²) in [5.74, 6) is 0.819. The minimum atomic E-state index is 0.817. The fraction of sp³-hybridized carbons (Fsp3) is 0.875. The van der Waals surface area contributed by atoms with E-state index in [0.717, 1.165) is 37.4 Å². The molecule has 3 N–H and O–H groups in total. The Morgan fingerprint density at radius 2 is 2.00 bits per heavy atom. The molecule has 1 saturated carbocycles. The smallest absolute Gasteiger partial charge is 0.00893 e. The van der Waals surface area contributed by atoms with Gasteiger partial charge in [-0.2, -0.15) is 0 Å². The van der Waals surface area contributed by atoms with Gasteiger partial charge in [-0.1, -0.05) is 0 Å². The maximum atomic E-state index is 7.38. The molecule has 0 atom stereocenters. The summed E-state index contributed by atoms with van der Waals surface area (Å²) >= 11 is 0. The normalized spacial score (nSPS) is 26.9. The third-order valence-electron chi connectivity index (χ3n) is 2.28. The molecule has 10 heavy (non-hydrogen) atoms. The lowest BCUT2D eigenvalue weighted by molar-refractivity contribution is 0.417. The molecule has 2 heteroatoms. The Hall–Kier alpha value is -0.370. The van der Waals surface area contributed by atoms with E-state index in [-0.39, 0.29) is 0 Å². The second kappa shape index (κ2) is 3.71. The summed E-state index contributed by atoms with van der Waals surface area (Å²) in [5, 5.41) is 7.38. The third kappa shape index (κ3) is 2.10. The quantitative estimate of drug-likeness (QED) is 0.600. The van der Waals surface area contributed by atoms with Gasteiger partial charge in [0.1, 0.15) is 0 Å². The second-order valence-electron chi connectivity index (χ2n) is 3.12. The molecular formula is C8H16N2. The number of rotatable bonds is 2. The third-order valence-corrected chi connectivity index (χ3v) is 2.28. The first-order valence-electron chi connectivity index (χ1n) is 4.09. The van der Waals surface area contributed by atoms with Crippen molar-refractivity contribution in [3.63, 3.8) is 0 Å². The van der Waals surface area contributed by atoms with E-state index in [4.69, 9.17) is 11.1 Å². The summed E-state index contributed by atoms with van der Waals surface area (Å²) in [6, 6.07) is 0. The molecular weight excluding hydrogens is 124 g/mol. The zero-order valence-corrected chi connectivity index (χ0v) is 6.40. The van der Waals surface area contributed by atoms with Crippen molar-refractivity contribution in [2.45, 2.75) is 32.1 Å². The van der Waals surface area contributed by atoms with Gasteiger partial charge in [0.15, 0.2) is 0 Å². The van der Waals surface area contributed by atoms with Gasteiger partial charge in [-0.05, 0) is 44.6 Å². The van der Waals surface area contributed by atoms with E-state index in [9.17, 15) is 0 Å². The summed E-state index contributed by atoms with van der Waals surface area (Å²) in [6.07, 6.45) is 5.61. The first kappa shape index (κ1) is 7.73. The van der Waals surface area contributed by atoms with Gasteiger partial charge >= 0.3 is 0 Å². The molecule has 0 unspecified atom stereocenters. The first-order chi connectivity index (χ1) is 4.83. The molecule has 0 aromatic heterocycles. The van der Waals surface area contributed by atoms with Crippen molar-refractivity contribution in [1.82, 2.24) is 0 Å². The highest BCUT2D eigenvalue weighted by molar-refractivity contribution is 5.81. The second-order valence-corrected chi connectivity index (χ2v) is 3.12. The zero-order chi connectivity index (χ0) is 7.40. The number of nitrogens with one attached hydrogen (secondary N) is 1. The Bertz CT molecular complexity index is 110. The van der Waals surface area contributed by atoms with Crippen LogP contribution >= 0.6 is 0 Å². The summed E-state index contributed by atoms with van der Waals surface area (Å²) in [6.45, 7) is 0.817. The number of hydrogen-bond acceptors (Lipinski definition) is 2. The van der Waals surface area contributed by atoms with E-state index < -0.39 is 0 Å². The molecule has 0 spiro atoms. The van der Waals surface area contributed by atoms with Gasteiger partial charge < -0.3 is 11.1 Å². The SMILES string of the molecule is N=C1CCC(CCN)CC1. The average molecular weight is 140 g/mol. The molecule has 1 fully saturated rings. The van der Waals surface area contributed by atoms with E-state index in [1.54, 1.807) is 0 Å². The molecule has 0 aliphatic heterocycles. The van der Waals surface area contributed by atoms with Crippen molar-refractivity contribution in [2.24, 2.45) is 11.7 Å². The monoisotopic (exact) mass is 140 g/mol. The standard InChI is InChI=1S/C8H16N2/c9-6-5-7-1-3-8(10)4-2-7/h7,10H,1-6,9H2. The molecule has 0 aromatic carbocycles. The van der Waals surface area contributed by atoms with E-state index in [1.165, 1.54) is 12.8 Å². The Labute approximate surface area is 62.3 Å². The van der Waals surface area contributed by atoms with Crippen LogP contribution in [0.15, 0.2) is 0 Å². The van der Waals surface area contributed by atoms with Crippen LogP contribution in [-0.2, 0) is 0 Å². The highest BCUT2D eigenvalue weighted by Gasteiger charge is 2.14. The minimum absolute atomic E-state index is 0.817. The average Bonchev–Trinajstić information content (AvgIpc) is 1.95. The van der Waals surface area contributed by atoms with Crippen molar-refractivity contribution in [3.8, 4) is 0 Å². The van der Waals surface area contributed by atoms with E-state index in [0.29, 0.717) is 0 Å². The highest BCUT2D eigenvalue weighted by Crippen LogP contribution is 2.23. The van der Waals surface area contributed by atoms with Crippen LogP contribution in [0.1, 0.15) is 32.1 Å². The van der Waals surface area contributed by atoms with Gasteiger partial charge in [-0.3, -0.25) is 0 Å². The lowest BCUT2D eigenvalue weighted by Crippen LogP contribution is -2.16. The molecule has 0 saturated heterocycles. The van der Waals surface area contributed by atoms with Crippen LogP contribution in [0.3, 0.4) is 0 Å². The predicted molar refractivity (Wildman–Crippen MR) is 43.4 cm³/mol. The Kier molecular flexibility index (Phi) is 2.87. The Morgan fingerprint density at radius 3 is 2.50 bits per heavy atom. The van der Waals surface area contributed by atoms with Crippen LogP contribution in [0.25, 0.3) is 0 Å².